The number of rotatable bonds is 1. The SMILES string of the molecule is Cn1nnc2cc(S(=O)(=O)F)ccc21. The molecule has 0 saturated carbocycles. The van der Waals surface area contributed by atoms with E-state index in [9.17, 15) is 12.3 Å². The second kappa shape index (κ2) is 2.74. The molecule has 2 rings (SSSR count). The third-order valence-corrected chi connectivity index (χ3v) is 2.68. The second-order valence-electron chi connectivity index (χ2n) is 2.80. The van der Waals surface area contributed by atoms with Crippen LogP contribution in [-0.2, 0) is 17.3 Å². The third kappa shape index (κ3) is 1.35. The molecule has 0 fully saturated rings. The first kappa shape index (κ1) is 9.07. The number of hydrogen-bond donors (Lipinski definition) is 0. The van der Waals surface area contributed by atoms with Gasteiger partial charge in [0.2, 0.25) is 0 Å². The Kier molecular flexibility index (Phi) is 1.78. The molecule has 0 aliphatic rings. The minimum Gasteiger partial charge on any atom is -0.248 e. The van der Waals surface area contributed by atoms with E-state index in [1.807, 2.05) is 0 Å². The lowest BCUT2D eigenvalue weighted by Gasteiger charge is -1.94. The molecule has 0 saturated heterocycles. The maximum absolute atomic E-state index is 12.6. The van der Waals surface area contributed by atoms with Crippen LogP contribution in [0.25, 0.3) is 11.0 Å². The van der Waals surface area contributed by atoms with E-state index in [2.05, 4.69) is 10.3 Å². The molecular weight excluding hydrogens is 209 g/mol. The van der Waals surface area contributed by atoms with Crippen molar-refractivity contribution in [3.63, 3.8) is 0 Å². The summed E-state index contributed by atoms with van der Waals surface area (Å²) in [5.74, 6) is 0. The van der Waals surface area contributed by atoms with Crippen LogP contribution in [0.1, 0.15) is 0 Å². The standard InChI is InChI=1S/C7H6FN3O2S/c1-11-7-3-2-5(14(8,12)13)4-6(7)9-10-11/h2-4H,1H3. The summed E-state index contributed by atoms with van der Waals surface area (Å²) in [6, 6.07) is 3.79. The summed E-state index contributed by atoms with van der Waals surface area (Å²) in [5, 5.41) is 7.34. The summed E-state index contributed by atoms with van der Waals surface area (Å²) < 4.78 is 35.2. The largest absolute Gasteiger partial charge is 0.332 e. The lowest BCUT2D eigenvalue weighted by atomic mass is 10.3. The lowest BCUT2D eigenvalue weighted by Crippen LogP contribution is -1.92. The van der Waals surface area contributed by atoms with E-state index in [1.165, 1.54) is 16.8 Å². The average molecular weight is 215 g/mol. The van der Waals surface area contributed by atoms with E-state index >= 15 is 0 Å². The molecule has 1 heterocycles. The number of fused-ring (bicyclic) bond motifs is 1. The summed E-state index contributed by atoms with van der Waals surface area (Å²) in [4.78, 5) is -0.398. The molecule has 0 spiro atoms. The summed E-state index contributed by atoms with van der Waals surface area (Å²) in [7, 11) is -3.00. The van der Waals surface area contributed by atoms with Crippen LogP contribution in [0.15, 0.2) is 23.1 Å². The van der Waals surface area contributed by atoms with Gasteiger partial charge in [-0.05, 0) is 18.2 Å². The Morgan fingerprint density at radius 2 is 2.14 bits per heavy atom. The van der Waals surface area contributed by atoms with Gasteiger partial charge in [-0.2, -0.15) is 8.42 Å². The monoisotopic (exact) mass is 215 g/mol. The molecule has 2 aromatic rings. The van der Waals surface area contributed by atoms with Gasteiger partial charge in [-0.25, -0.2) is 4.68 Å². The highest BCUT2D eigenvalue weighted by Crippen LogP contribution is 2.17. The predicted molar refractivity (Wildman–Crippen MR) is 46.8 cm³/mol. The first-order valence-corrected chi connectivity index (χ1v) is 5.11. The quantitative estimate of drug-likeness (QED) is 0.654. The summed E-state index contributed by atoms with van der Waals surface area (Å²) >= 11 is 0. The summed E-state index contributed by atoms with van der Waals surface area (Å²) in [6.07, 6.45) is 0. The number of nitrogens with zero attached hydrogens (tertiary/aromatic N) is 3. The number of benzene rings is 1. The van der Waals surface area contributed by atoms with E-state index < -0.39 is 15.1 Å². The van der Waals surface area contributed by atoms with Gasteiger partial charge in [0.1, 0.15) is 10.4 Å². The molecule has 0 bridgehead atoms. The molecule has 0 radical (unpaired) electrons. The Balaban J connectivity index is 2.76. The predicted octanol–water partition coefficient (Wildman–Crippen LogP) is 0.626. The minimum atomic E-state index is -4.66. The molecule has 0 aliphatic carbocycles. The third-order valence-electron chi connectivity index (χ3n) is 1.86. The van der Waals surface area contributed by atoms with Crippen molar-refractivity contribution in [1.29, 1.82) is 0 Å². The molecule has 14 heavy (non-hydrogen) atoms. The Labute approximate surface area is 79.4 Å². The van der Waals surface area contributed by atoms with Gasteiger partial charge >= 0.3 is 10.2 Å². The van der Waals surface area contributed by atoms with Crippen molar-refractivity contribution in [3.8, 4) is 0 Å². The molecule has 1 aromatic carbocycles. The molecule has 5 nitrogen and oxygen atoms in total. The summed E-state index contributed by atoms with van der Waals surface area (Å²) in [6.45, 7) is 0. The molecule has 0 unspecified atom stereocenters. The fourth-order valence-electron chi connectivity index (χ4n) is 1.17. The zero-order valence-electron chi connectivity index (χ0n) is 7.18. The van der Waals surface area contributed by atoms with E-state index in [0.29, 0.717) is 11.0 Å². The van der Waals surface area contributed by atoms with Crippen molar-refractivity contribution in [2.24, 2.45) is 7.05 Å². The number of hydrogen-bond acceptors (Lipinski definition) is 4. The van der Waals surface area contributed by atoms with Crippen LogP contribution >= 0.6 is 0 Å². The van der Waals surface area contributed by atoms with Crippen LogP contribution < -0.4 is 0 Å². The first-order chi connectivity index (χ1) is 6.48. The summed E-state index contributed by atoms with van der Waals surface area (Å²) in [5.41, 5.74) is 1.00. The van der Waals surface area contributed by atoms with E-state index in [-0.39, 0.29) is 0 Å². The van der Waals surface area contributed by atoms with Crippen molar-refractivity contribution in [2.45, 2.75) is 4.90 Å². The molecule has 74 valence electrons. The molecule has 7 heteroatoms. The van der Waals surface area contributed by atoms with Crippen LogP contribution in [0, 0.1) is 0 Å². The minimum absolute atomic E-state index is 0.353. The Bertz CT molecular complexity index is 590. The number of aryl methyl sites for hydroxylation is 1. The average Bonchev–Trinajstić information content (AvgIpc) is 2.46. The van der Waals surface area contributed by atoms with Crippen molar-refractivity contribution in [3.05, 3.63) is 18.2 Å². The molecule has 0 N–H and O–H groups in total. The first-order valence-electron chi connectivity index (χ1n) is 3.72. The van der Waals surface area contributed by atoms with Gasteiger partial charge in [-0.15, -0.1) is 8.98 Å². The Morgan fingerprint density at radius 1 is 1.43 bits per heavy atom. The maximum atomic E-state index is 12.6. The van der Waals surface area contributed by atoms with Gasteiger partial charge in [0.25, 0.3) is 0 Å². The van der Waals surface area contributed by atoms with E-state index in [1.54, 1.807) is 7.05 Å². The van der Waals surface area contributed by atoms with E-state index in [0.717, 1.165) is 6.07 Å². The maximum Gasteiger partial charge on any atom is 0.332 e. The van der Waals surface area contributed by atoms with Gasteiger partial charge < -0.3 is 0 Å². The smallest absolute Gasteiger partial charge is 0.248 e. The highest BCUT2D eigenvalue weighted by molar-refractivity contribution is 7.86. The number of aromatic nitrogens is 3. The van der Waals surface area contributed by atoms with E-state index in [4.69, 9.17) is 0 Å². The topological polar surface area (TPSA) is 64.8 Å². The van der Waals surface area contributed by atoms with Crippen LogP contribution in [-0.4, -0.2) is 23.4 Å². The van der Waals surface area contributed by atoms with Crippen LogP contribution in [0.3, 0.4) is 0 Å². The van der Waals surface area contributed by atoms with Gasteiger partial charge in [-0.3, -0.25) is 0 Å². The van der Waals surface area contributed by atoms with Gasteiger partial charge in [0, 0.05) is 7.05 Å². The highest BCUT2D eigenvalue weighted by Gasteiger charge is 2.13. The van der Waals surface area contributed by atoms with Crippen molar-refractivity contribution in [2.75, 3.05) is 0 Å². The van der Waals surface area contributed by atoms with Crippen molar-refractivity contribution < 1.29 is 12.3 Å². The molecule has 0 atom stereocenters. The van der Waals surface area contributed by atoms with Crippen LogP contribution in [0.5, 0.6) is 0 Å². The fraction of sp³-hybridized carbons (Fsp3) is 0.143. The highest BCUT2D eigenvalue weighted by atomic mass is 32.3. The van der Waals surface area contributed by atoms with Crippen molar-refractivity contribution >= 4 is 21.3 Å². The van der Waals surface area contributed by atoms with Gasteiger partial charge in [-0.1, -0.05) is 5.21 Å². The Hall–Kier alpha value is -1.50. The molecule has 1 aromatic heterocycles. The zero-order valence-corrected chi connectivity index (χ0v) is 7.99. The van der Waals surface area contributed by atoms with Gasteiger partial charge in [0.05, 0.1) is 5.52 Å². The molecule has 0 amide bonds. The fourth-order valence-corrected chi connectivity index (χ4v) is 1.66. The number of halogens is 1. The lowest BCUT2D eigenvalue weighted by molar-refractivity contribution is 0.552. The molecular formula is C7H6FN3O2S. The normalized spacial score (nSPS) is 12.1. The molecule has 0 aliphatic heterocycles. The zero-order chi connectivity index (χ0) is 10.3. The Morgan fingerprint density at radius 3 is 2.79 bits per heavy atom. The van der Waals surface area contributed by atoms with Crippen molar-refractivity contribution in [1.82, 2.24) is 15.0 Å². The van der Waals surface area contributed by atoms with Crippen LogP contribution in [0.4, 0.5) is 3.89 Å². The van der Waals surface area contributed by atoms with Gasteiger partial charge in [0.15, 0.2) is 0 Å². The second-order valence-corrected chi connectivity index (χ2v) is 4.15. The van der Waals surface area contributed by atoms with Crippen LogP contribution in [0.2, 0.25) is 0 Å².